The first-order chi connectivity index (χ1) is 14.1. The molecule has 0 aliphatic rings. The summed E-state index contributed by atoms with van der Waals surface area (Å²) in [5.74, 6) is 3.01. The average molecular weight is 395 g/mol. The standard InChI is InChI=1S/C23H25NO5/c1-26-18-6-4-5-16(13-18)11-12-24-23(25)22-10-8-20(29-22)15-17-14-19(27-2)7-9-21(17)28-3/h4-10,13-14H,11-12,15H2,1-3H3,(H,24,25). The first kappa shape index (κ1) is 20.3. The second-order valence-electron chi connectivity index (χ2n) is 6.48. The number of rotatable bonds is 9. The van der Waals surface area contributed by atoms with Gasteiger partial charge in [-0.15, -0.1) is 0 Å². The Morgan fingerprint density at radius 3 is 2.48 bits per heavy atom. The molecule has 6 nitrogen and oxygen atoms in total. The second-order valence-corrected chi connectivity index (χ2v) is 6.48. The van der Waals surface area contributed by atoms with Crippen molar-refractivity contribution in [1.29, 1.82) is 0 Å². The molecule has 0 saturated heterocycles. The highest BCUT2D eigenvalue weighted by Crippen LogP contribution is 2.27. The molecule has 0 spiro atoms. The van der Waals surface area contributed by atoms with Crippen LogP contribution in [-0.4, -0.2) is 33.8 Å². The van der Waals surface area contributed by atoms with Gasteiger partial charge < -0.3 is 23.9 Å². The summed E-state index contributed by atoms with van der Waals surface area (Å²) in [7, 11) is 4.87. The number of hydrogen-bond acceptors (Lipinski definition) is 5. The highest BCUT2D eigenvalue weighted by Gasteiger charge is 2.13. The average Bonchev–Trinajstić information content (AvgIpc) is 3.22. The van der Waals surface area contributed by atoms with E-state index < -0.39 is 0 Å². The number of nitrogens with one attached hydrogen (secondary N) is 1. The van der Waals surface area contributed by atoms with E-state index in [9.17, 15) is 4.79 Å². The quantitative estimate of drug-likeness (QED) is 0.596. The monoisotopic (exact) mass is 395 g/mol. The lowest BCUT2D eigenvalue weighted by molar-refractivity contribution is 0.0925. The van der Waals surface area contributed by atoms with Crippen LogP contribution in [0.3, 0.4) is 0 Å². The van der Waals surface area contributed by atoms with Crippen molar-refractivity contribution in [1.82, 2.24) is 5.32 Å². The zero-order chi connectivity index (χ0) is 20.6. The molecule has 0 radical (unpaired) electrons. The predicted octanol–water partition coefficient (Wildman–Crippen LogP) is 3.87. The largest absolute Gasteiger partial charge is 0.497 e. The van der Waals surface area contributed by atoms with Gasteiger partial charge in [-0.2, -0.15) is 0 Å². The van der Waals surface area contributed by atoms with E-state index in [1.54, 1.807) is 33.5 Å². The van der Waals surface area contributed by atoms with Gasteiger partial charge in [-0.1, -0.05) is 12.1 Å². The number of carbonyl (C=O) groups is 1. The Balaban J connectivity index is 1.58. The van der Waals surface area contributed by atoms with Gasteiger partial charge in [-0.3, -0.25) is 4.79 Å². The number of amides is 1. The van der Waals surface area contributed by atoms with Crippen molar-refractivity contribution in [2.75, 3.05) is 27.9 Å². The molecule has 1 heterocycles. The maximum atomic E-state index is 12.4. The fraction of sp³-hybridized carbons (Fsp3) is 0.261. The summed E-state index contributed by atoms with van der Waals surface area (Å²) in [6, 6.07) is 16.9. The Bertz CT molecular complexity index is 963. The Morgan fingerprint density at radius 1 is 0.931 bits per heavy atom. The molecule has 152 valence electrons. The summed E-state index contributed by atoms with van der Waals surface area (Å²) in [5.41, 5.74) is 2.01. The van der Waals surface area contributed by atoms with Crippen LogP contribution in [0.25, 0.3) is 0 Å². The molecular weight excluding hydrogens is 370 g/mol. The Labute approximate surface area is 170 Å². The lowest BCUT2D eigenvalue weighted by atomic mass is 10.1. The first-order valence-corrected chi connectivity index (χ1v) is 9.33. The molecule has 6 heteroatoms. The topological polar surface area (TPSA) is 69.9 Å². The van der Waals surface area contributed by atoms with Crippen molar-refractivity contribution in [2.45, 2.75) is 12.8 Å². The van der Waals surface area contributed by atoms with E-state index in [1.165, 1.54) is 0 Å². The maximum absolute atomic E-state index is 12.4. The Hall–Kier alpha value is -3.41. The van der Waals surface area contributed by atoms with Gasteiger partial charge in [0, 0.05) is 18.5 Å². The van der Waals surface area contributed by atoms with Crippen LogP contribution in [0.1, 0.15) is 27.4 Å². The summed E-state index contributed by atoms with van der Waals surface area (Å²) < 4.78 is 21.6. The molecule has 0 saturated carbocycles. The molecule has 0 aliphatic carbocycles. The van der Waals surface area contributed by atoms with Crippen LogP contribution in [0, 0.1) is 0 Å². The van der Waals surface area contributed by atoms with E-state index >= 15 is 0 Å². The normalized spacial score (nSPS) is 10.4. The minimum atomic E-state index is -0.239. The fourth-order valence-electron chi connectivity index (χ4n) is 3.04. The SMILES string of the molecule is COc1cccc(CCNC(=O)c2ccc(Cc3cc(OC)ccc3OC)o2)c1. The van der Waals surface area contributed by atoms with Crippen molar-refractivity contribution < 1.29 is 23.4 Å². The van der Waals surface area contributed by atoms with Crippen molar-refractivity contribution in [3.05, 3.63) is 77.2 Å². The highest BCUT2D eigenvalue weighted by molar-refractivity contribution is 5.91. The van der Waals surface area contributed by atoms with Crippen LogP contribution in [-0.2, 0) is 12.8 Å². The summed E-state index contributed by atoms with van der Waals surface area (Å²) in [6.45, 7) is 0.506. The van der Waals surface area contributed by atoms with E-state index in [4.69, 9.17) is 18.6 Å². The third kappa shape index (κ3) is 5.31. The van der Waals surface area contributed by atoms with Gasteiger partial charge in [-0.25, -0.2) is 0 Å². The Morgan fingerprint density at radius 2 is 1.72 bits per heavy atom. The van der Waals surface area contributed by atoms with Gasteiger partial charge in [0.05, 0.1) is 21.3 Å². The molecule has 0 unspecified atom stereocenters. The minimum Gasteiger partial charge on any atom is -0.497 e. The minimum absolute atomic E-state index is 0.239. The molecule has 1 N–H and O–H groups in total. The molecule has 0 fully saturated rings. The summed E-state index contributed by atoms with van der Waals surface area (Å²) in [4.78, 5) is 12.4. The van der Waals surface area contributed by atoms with Crippen molar-refractivity contribution in [3.8, 4) is 17.2 Å². The summed E-state index contributed by atoms with van der Waals surface area (Å²) in [6.07, 6.45) is 1.20. The molecule has 3 aromatic rings. The van der Waals surface area contributed by atoms with E-state index in [-0.39, 0.29) is 11.7 Å². The third-order valence-corrected chi connectivity index (χ3v) is 4.57. The predicted molar refractivity (Wildman–Crippen MR) is 110 cm³/mol. The van der Waals surface area contributed by atoms with Crippen LogP contribution in [0.4, 0.5) is 0 Å². The number of methoxy groups -OCH3 is 3. The van der Waals surface area contributed by atoms with Crippen molar-refractivity contribution in [3.63, 3.8) is 0 Å². The lowest BCUT2D eigenvalue weighted by Gasteiger charge is -2.09. The van der Waals surface area contributed by atoms with E-state index in [1.807, 2.05) is 42.5 Å². The van der Waals surface area contributed by atoms with Crippen LogP contribution in [0.2, 0.25) is 0 Å². The first-order valence-electron chi connectivity index (χ1n) is 9.33. The molecule has 0 bridgehead atoms. The zero-order valence-electron chi connectivity index (χ0n) is 16.9. The van der Waals surface area contributed by atoms with Crippen molar-refractivity contribution >= 4 is 5.91 Å². The van der Waals surface area contributed by atoms with Gasteiger partial charge in [0.25, 0.3) is 5.91 Å². The van der Waals surface area contributed by atoms with Gasteiger partial charge in [-0.05, 0) is 54.4 Å². The van der Waals surface area contributed by atoms with Crippen LogP contribution in [0.5, 0.6) is 17.2 Å². The summed E-state index contributed by atoms with van der Waals surface area (Å²) in [5, 5.41) is 2.88. The molecule has 3 rings (SSSR count). The van der Waals surface area contributed by atoms with Crippen LogP contribution < -0.4 is 19.5 Å². The van der Waals surface area contributed by atoms with Gasteiger partial charge >= 0.3 is 0 Å². The van der Waals surface area contributed by atoms with E-state index in [0.717, 1.165) is 28.4 Å². The second kappa shape index (κ2) is 9.68. The smallest absolute Gasteiger partial charge is 0.287 e. The molecule has 29 heavy (non-hydrogen) atoms. The van der Waals surface area contributed by atoms with Crippen molar-refractivity contribution in [2.24, 2.45) is 0 Å². The lowest BCUT2D eigenvalue weighted by Crippen LogP contribution is -2.25. The molecule has 1 amide bonds. The highest BCUT2D eigenvalue weighted by atomic mass is 16.5. The zero-order valence-corrected chi connectivity index (χ0v) is 16.9. The number of benzene rings is 2. The third-order valence-electron chi connectivity index (χ3n) is 4.57. The molecular formula is C23H25NO5. The molecule has 0 atom stereocenters. The number of furan rings is 1. The number of ether oxygens (including phenoxy) is 3. The number of hydrogen-bond donors (Lipinski definition) is 1. The van der Waals surface area contributed by atoms with Gasteiger partial charge in [0.15, 0.2) is 5.76 Å². The van der Waals surface area contributed by atoms with Crippen LogP contribution in [0.15, 0.2) is 59.0 Å². The van der Waals surface area contributed by atoms with Gasteiger partial charge in [0.1, 0.15) is 23.0 Å². The molecule has 0 aliphatic heterocycles. The molecule has 2 aromatic carbocycles. The Kier molecular flexibility index (Phi) is 6.79. The van der Waals surface area contributed by atoms with Gasteiger partial charge in [0.2, 0.25) is 0 Å². The van der Waals surface area contributed by atoms with E-state index in [2.05, 4.69) is 5.32 Å². The maximum Gasteiger partial charge on any atom is 0.287 e. The molecule has 1 aromatic heterocycles. The summed E-state index contributed by atoms with van der Waals surface area (Å²) >= 11 is 0. The fourth-order valence-corrected chi connectivity index (χ4v) is 3.04. The van der Waals surface area contributed by atoms with E-state index in [0.29, 0.717) is 25.1 Å². The van der Waals surface area contributed by atoms with Crippen LogP contribution >= 0.6 is 0 Å². The number of carbonyl (C=O) groups excluding carboxylic acids is 1.